The second-order valence-corrected chi connectivity index (χ2v) is 6.93. The molecule has 1 saturated carbocycles. The lowest BCUT2D eigenvalue weighted by molar-refractivity contribution is 0.412. The van der Waals surface area contributed by atoms with Gasteiger partial charge in [0.1, 0.15) is 5.75 Å². The predicted octanol–water partition coefficient (Wildman–Crippen LogP) is 2.10. The average Bonchev–Trinajstić information content (AvgIpc) is 3.40. The Labute approximate surface area is 143 Å². The van der Waals surface area contributed by atoms with Crippen molar-refractivity contribution >= 4 is 5.70 Å². The van der Waals surface area contributed by atoms with E-state index in [-0.39, 0.29) is 5.75 Å². The normalized spacial score (nSPS) is 22.9. The molecule has 0 bridgehead atoms. The number of allylic oxidation sites excluding steroid dienone is 2. The Morgan fingerprint density at radius 3 is 2.71 bits per heavy atom. The van der Waals surface area contributed by atoms with Crippen molar-refractivity contribution in [1.29, 1.82) is 0 Å². The molecule has 1 unspecified atom stereocenters. The van der Waals surface area contributed by atoms with Gasteiger partial charge in [-0.1, -0.05) is 6.07 Å². The minimum atomic E-state index is 0.243. The highest BCUT2D eigenvalue weighted by Gasteiger charge is 2.24. The van der Waals surface area contributed by atoms with Crippen LogP contribution in [0.15, 0.2) is 35.7 Å². The van der Waals surface area contributed by atoms with E-state index in [2.05, 4.69) is 16.7 Å². The monoisotopic (exact) mass is 328 g/mol. The van der Waals surface area contributed by atoms with Crippen LogP contribution in [0.5, 0.6) is 5.75 Å². The van der Waals surface area contributed by atoms with Crippen LogP contribution in [-0.4, -0.2) is 24.2 Å². The predicted molar refractivity (Wildman–Crippen MR) is 98.2 cm³/mol. The Morgan fingerprint density at radius 2 is 2.08 bits per heavy atom. The smallest absolute Gasteiger partial charge is 0.125 e. The minimum absolute atomic E-state index is 0.243. The van der Waals surface area contributed by atoms with Gasteiger partial charge in [-0.2, -0.15) is 0 Å². The molecule has 5 nitrogen and oxygen atoms in total. The highest BCUT2D eigenvalue weighted by Crippen LogP contribution is 2.42. The molecule has 0 aromatic heterocycles. The lowest BCUT2D eigenvalue weighted by Gasteiger charge is -2.24. The molecule has 0 radical (unpaired) electrons. The van der Waals surface area contributed by atoms with E-state index >= 15 is 0 Å². The number of phenols is 1. The highest BCUT2D eigenvalue weighted by molar-refractivity contribution is 5.72. The highest BCUT2D eigenvalue weighted by atomic mass is 16.3. The van der Waals surface area contributed by atoms with Crippen LogP contribution in [0.2, 0.25) is 0 Å². The number of rotatable bonds is 5. The summed E-state index contributed by atoms with van der Waals surface area (Å²) >= 11 is 0. The molecule has 1 saturated heterocycles. The van der Waals surface area contributed by atoms with Gasteiger partial charge in [-0.25, -0.2) is 0 Å². The first-order valence-electron chi connectivity index (χ1n) is 8.78. The van der Waals surface area contributed by atoms with Crippen LogP contribution < -0.4 is 22.1 Å². The first kappa shape index (κ1) is 16.7. The van der Waals surface area contributed by atoms with Crippen molar-refractivity contribution in [3.63, 3.8) is 0 Å². The van der Waals surface area contributed by atoms with Gasteiger partial charge >= 0.3 is 0 Å². The Morgan fingerprint density at radius 1 is 1.29 bits per heavy atom. The van der Waals surface area contributed by atoms with Gasteiger partial charge in [0.25, 0.3) is 0 Å². The summed E-state index contributed by atoms with van der Waals surface area (Å²) in [6.45, 7) is 3.91. The fourth-order valence-corrected chi connectivity index (χ4v) is 3.22. The summed E-state index contributed by atoms with van der Waals surface area (Å²) in [5.74, 6) is 1.46. The molecule has 1 atom stereocenters. The van der Waals surface area contributed by atoms with Crippen molar-refractivity contribution < 1.29 is 5.11 Å². The van der Waals surface area contributed by atoms with Crippen molar-refractivity contribution in [2.24, 2.45) is 11.5 Å². The number of piperidine rings is 1. The number of hydrogen-bond acceptors (Lipinski definition) is 5. The number of hydrogen-bond donors (Lipinski definition) is 5. The van der Waals surface area contributed by atoms with Crippen molar-refractivity contribution in [1.82, 2.24) is 10.6 Å². The van der Waals surface area contributed by atoms with E-state index in [1.807, 2.05) is 25.1 Å². The summed E-state index contributed by atoms with van der Waals surface area (Å²) in [5, 5.41) is 17.0. The van der Waals surface area contributed by atoms with Crippen LogP contribution in [0.4, 0.5) is 0 Å². The zero-order valence-electron chi connectivity index (χ0n) is 14.3. The van der Waals surface area contributed by atoms with E-state index in [9.17, 15) is 5.11 Å². The first-order chi connectivity index (χ1) is 11.5. The van der Waals surface area contributed by atoms with Crippen LogP contribution in [0.25, 0.3) is 5.70 Å². The molecular weight excluding hydrogens is 300 g/mol. The molecule has 7 N–H and O–H groups in total. The molecule has 0 spiro atoms. The standard InChI is InChI=1S/C19H28N4O/c1-12(9-18(20)23-15-3-2-8-22-11-15)19(21)16-7-6-14(10-17(16)24)13-4-5-13/h6-7,9-10,13,15,22-24H,2-5,8,11,20-21H2,1H3/b18-9+,19-12-. The van der Waals surface area contributed by atoms with E-state index in [0.717, 1.165) is 31.5 Å². The van der Waals surface area contributed by atoms with Gasteiger partial charge in [0.2, 0.25) is 0 Å². The third-order valence-corrected chi connectivity index (χ3v) is 4.83. The number of aromatic hydroxyl groups is 1. The maximum Gasteiger partial charge on any atom is 0.125 e. The number of nitrogens with two attached hydrogens (primary N) is 2. The van der Waals surface area contributed by atoms with Crippen molar-refractivity contribution in [2.75, 3.05) is 13.1 Å². The van der Waals surface area contributed by atoms with Crippen LogP contribution in [0.1, 0.15) is 49.7 Å². The molecular formula is C19H28N4O. The second-order valence-electron chi connectivity index (χ2n) is 6.93. The van der Waals surface area contributed by atoms with Crippen LogP contribution in [0, 0.1) is 0 Å². The molecule has 1 aliphatic carbocycles. The lowest BCUT2D eigenvalue weighted by atomic mass is 10.0. The Hall–Kier alpha value is -2.14. The van der Waals surface area contributed by atoms with Gasteiger partial charge in [-0.15, -0.1) is 0 Å². The third kappa shape index (κ3) is 4.03. The topological polar surface area (TPSA) is 96.3 Å². The summed E-state index contributed by atoms with van der Waals surface area (Å²) in [5.41, 5.74) is 15.6. The largest absolute Gasteiger partial charge is 0.507 e. The summed E-state index contributed by atoms with van der Waals surface area (Å²) in [6, 6.07) is 6.16. The summed E-state index contributed by atoms with van der Waals surface area (Å²) in [4.78, 5) is 0. The molecule has 1 aromatic carbocycles. The quantitative estimate of drug-likeness (QED) is 0.534. The summed E-state index contributed by atoms with van der Waals surface area (Å²) in [7, 11) is 0. The van der Waals surface area contributed by atoms with Gasteiger partial charge in [0, 0.05) is 23.8 Å². The molecule has 1 aromatic rings. The van der Waals surface area contributed by atoms with E-state index in [4.69, 9.17) is 11.5 Å². The number of phenolic OH excluding ortho intramolecular Hbond substituents is 1. The lowest BCUT2D eigenvalue weighted by Crippen LogP contribution is -2.44. The second kappa shape index (κ2) is 7.18. The molecule has 24 heavy (non-hydrogen) atoms. The van der Waals surface area contributed by atoms with Gasteiger partial charge in [0.05, 0.1) is 5.82 Å². The van der Waals surface area contributed by atoms with E-state index in [1.165, 1.54) is 18.4 Å². The summed E-state index contributed by atoms with van der Waals surface area (Å²) in [6.07, 6.45) is 6.54. The fraction of sp³-hybridized carbons (Fsp3) is 0.474. The molecule has 2 fully saturated rings. The van der Waals surface area contributed by atoms with Gasteiger partial charge in [-0.3, -0.25) is 0 Å². The SMILES string of the molecule is CC(/C=C(\N)NC1CCCNC1)=C(/N)c1ccc(C2CC2)cc1O. The maximum absolute atomic E-state index is 10.3. The molecule has 130 valence electrons. The van der Waals surface area contributed by atoms with Gasteiger partial charge < -0.3 is 27.2 Å². The van der Waals surface area contributed by atoms with Gasteiger partial charge in [-0.05, 0) is 74.4 Å². The van der Waals surface area contributed by atoms with Crippen LogP contribution in [0.3, 0.4) is 0 Å². The van der Waals surface area contributed by atoms with Crippen molar-refractivity contribution in [3.05, 3.63) is 46.8 Å². The van der Waals surface area contributed by atoms with Crippen molar-refractivity contribution in [2.45, 2.75) is 44.6 Å². The Kier molecular flexibility index (Phi) is 5.00. The van der Waals surface area contributed by atoms with E-state index < -0.39 is 0 Å². The fourth-order valence-electron chi connectivity index (χ4n) is 3.22. The zero-order valence-corrected chi connectivity index (χ0v) is 14.3. The van der Waals surface area contributed by atoms with Crippen molar-refractivity contribution in [3.8, 4) is 5.75 Å². The molecule has 1 heterocycles. The Balaban J connectivity index is 1.73. The summed E-state index contributed by atoms with van der Waals surface area (Å²) < 4.78 is 0. The first-order valence-corrected chi connectivity index (χ1v) is 8.78. The third-order valence-electron chi connectivity index (χ3n) is 4.83. The van der Waals surface area contributed by atoms with Crippen LogP contribution in [-0.2, 0) is 0 Å². The maximum atomic E-state index is 10.3. The zero-order chi connectivity index (χ0) is 17.1. The number of benzene rings is 1. The Bertz CT molecular complexity index is 655. The van der Waals surface area contributed by atoms with Gasteiger partial charge in [0.15, 0.2) is 0 Å². The van der Waals surface area contributed by atoms with E-state index in [1.54, 1.807) is 0 Å². The molecule has 1 aliphatic heterocycles. The van der Waals surface area contributed by atoms with Crippen LogP contribution >= 0.6 is 0 Å². The minimum Gasteiger partial charge on any atom is -0.507 e. The molecule has 2 aliphatic rings. The molecule has 5 heteroatoms. The average molecular weight is 328 g/mol. The molecule has 3 rings (SSSR count). The number of nitrogens with one attached hydrogen (secondary N) is 2. The molecule has 0 amide bonds. The van der Waals surface area contributed by atoms with E-state index in [0.29, 0.717) is 29.0 Å².